The van der Waals surface area contributed by atoms with Gasteiger partial charge in [0.25, 0.3) is 5.91 Å². The fourth-order valence-corrected chi connectivity index (χ4v) is 2.84. The highest BCUT2D eigenvalue weighted by molar-refractivity contribution is 14.1. The highest BCUT2D eigenvalue weighted by atomic mass is 127. The Balaban J connectivity index is 1.58. The molecule has 1 N–H and O–H groups in total. The summed E-state index contributed by atoms with van der Waals surface area (Å²) in [6.07, 6.45) is 1.61. The summed E-state index contributed by atoms with van der Waals surface area (Å²) in [7, 11) is 0. The van der Waals surface area contributed by atoms with Crippen LogP contribution in [0.1, 0.15) is 27.0 Å². The van der Waals surface area contributed by atoms with Gasteiger partial charge in [-0.1, -0.05) is 42.5 Å². The average Bonchev–Trinajstić information content (AvgIpc) is 2.68. The Kier molecular flexibility index (Phi) is 6.59. The minimum Gasteiger partial charge on any atom is -0.489 e. The molecule has 0 saturated carbocycles. The Morgan fingerprint density at radius 1 is 1.07 bits per heavy atom. The molecule has 3 aromatic carbocycles. The second-order valence-electron chi connectivity index (χ2n) is 6.00. The van der Waals surface area contributed by atoms with E-state index in [-0.39, 0.29) is 5.91 Å². The fraction of sp³-hybridized carbons (Fsp3) is 0.0909. The van der Waals surface area contributed by atoms with E-state index in [4.69, 9.17) is 4.74 Å². The van der Waals surface area contributed by atoms with Crippen LogP contribution in [-0.4, -0.2) is 12.1 Å². The Morgan fingerprint density at radius 3 is 2.63 bits per heavy atom. The number of hydrazone groups is 1. The first-order chi connectivity index (χ1) is 13.1. The van der Waals surface area contributed by atoms with E-state index in [1.54, 1.807) is 12.3 Å². The highest BCUT2D eigenvalue weighted by Gasteiger charge is 2.06. The number of aryl methyl sites for hydroxylation is 1. The third-order valence-corrected chi connectivity index (χ3v) is 4.67. The number of halogens is 1. The molecule has 0 bridgehead atoms. The molecule has 27 heavy (non-hydrogen) atoms. The summed E-state index contributed by atoms with van der Waals surface area (Å²) in [6, 6.07) is 23.2. The lowest BCUT2D eigenvalue weighted by atomic mass is 10.1. The standard InChI is InChI=1S/C22H19IN2O2/c1-16-5-2-3-8-21(16)22(26)25-24-14-18-6-4-7-20(13-18)27-15-17-9-11-19(23)12-10-17/h2-14H,15H2,1H3,(H,25,26)/b24-14-. The number of hydrogen-bond acceptors (Lipinski definition) is 3. The van der Waals surface area contributed by atoms with Crippen LogP contribution in [0.3, 0.4) is 0 Å². The minimum atomic E-state index is -0.226. The smallest absolute Gasteiger partial charge is 0.271 e. The Bertz CT molecular complexity index is 953. The molecule has 0 heterocycles. The predicted octanol–water partition coefficient (Wildman–Crippen LogP) is 4.94. The summed E-state index contributed by atoms with van der Waals surface area (Å²) in [4.78, 5) is 12.2. The second-order valence-corrected chi connectivity index (χ2v) is 7.25. The van der Waals surface area contributed by atoms with Gasteiger partial charge < -0.3 is 4.74 Å². The molecule has 5 heteroatoms. The summed E-state index contributed by atoms with van der Waals surface area (Å²) < 4.78 is 7.03. The first-order valence-electron chi connectivity index (χ1n) is 8.48. The first kappa shape index (κ1) is 19.1. The van der Waals surface area contributed by atoms with E-state index in [0.29, 0.717) is 12.2 Å². The van der Waals surface area contributed by atoms with Crippen LogP contribution in [0.4, 0.5) is 0 Å². The second kappa shape index (κ2) is 9.32. The van der Waals surface area contributed by atoms with Gasteiger partial charge in [0, 0.05) is 9.13 Å². The highest BCUT2D eigenvalue weighted by Crippen LogP contribution is 2.15. The summed E-state index contributed by atoms with van der Waals surface area (Å²) >= 11 is 2.28. The van der Waals surface area contributed by atoms with Crippen molar-refractivity contribution < 1.29 is 9.53 Å². The molecule has 3 rings (SSSR count). The van der Waals surface area contributed by atoms with Crippen molar-refractivity contribution in [3.8, 4) is 5.75 Å². The lowest BCUT2D eigenvalue weighted by molar-refractivity contribution is 0.0954. The summed E-state index contributed by atoms with van der Waals surface area (Å²) in [5.41, 5.74) is 6.05. The van der Waals surface area contributed by atoms with Gasteiger partial charge in [-0.2, -0.15) is 5.10 Å². The van der Waals surface area contributed by atoms with Crippen molar-refractivity contribution in [3.05, 3.63) is 98.6 Å². The number of amides is 1. The molecule has 0 fully saturated rings. The lowest BCUT2D eigenvalue weighted by Gasteiger charge is -2.07. The largest absolute Gasteiger partial charge is 0.489 e. The first-order valence-corrected chi connectivity index (χ1v) is 9.56. The molecule has 0 saturated heterocycles. The van der Waals surface area contributed by atoms with E-state index in [1.165, 1.54) is 3.57 Å². The van der Waals surface area contributed by atoms with Gasteiger partial charge >= 0.3 is 0 Å². The van der Waals surface area contributed by atoms with Crippen molar-refractivity contribution in [2.75, 3.05) is 0 Å². The number of rotatable bonds is 6. The molecule has 4 nitrogen and oxygen atoms in total. The molecule has 136 valence electrons. The third-order valence-electron chi connectivity index (χ3n) is 3.95. The van der Waals surface area contributed by atoms with Gasteiger partial charge in [-0.25, -0.2) is 5.43 Å². The Morgan fingerprint density at radius 2 is 1.85 bits per heavy atom. The molecule has 0 aromatic heterocycles. The number of carbonyl (C=O) groups excluding carboxylic acids is 1. The molecule has 0 aliphatic heterocycles. The number of benzene rings is 3. The average molecular weight is 470 g/mol. The van der Waals surface area contributed by atoms with Crippen LogP contribution >= 0.6 is 22.6 Å². The zero-order valence-electron chi connectivity index (χ0n) is 14.9. The van der Waals surface area contributed by atoms with Crippen LogP contribution in [0.5, 0.6) is 5.75 Å². The lowest BCUT2D eigenvalue weighted by Crippen LogP contribution is -2.18. The van der Waals surface area contributed by atoms with Crippen LogP contribution in [0.15, 0.2) is 77.9 Å². The van der Waals surface area contributed by atoms with Crippen LogP contribution in [0.2, 0.25) is 0 Å². The maximum Gasteiger partial charge on any atom is 0.271 e. The van der Waals surface area contributed by atoms with Gasteiger partial charge in [-0.15, -0.1) is 0 Å². The van der Waals surface area contributed by atoms with Crippen molar-refractivity contribution in [2.24, 2.45) is 5.10 Å². The molecule has 0 atom stereocenters. The molecular weight excluding hydrogens is 451 g/mol. The molecule has 0 unspecified atom stereocenters. The van der Waals surface area contributed by atoms with Gasteiger partial charge in [0.05, 0.1) is 6.21 Å². The molecule has 3 aromatic rings. The molecule has 0 aliphatic carbocycles. The van der Waals surface area contributed by atoms with Crippen LogP contribution in [0, 0.1) is 10.5 Å². The number of carbonyl (C=O) groups is 1. The normalized spacial score (nSPS) is 10.7. The van der Waals surface area contributed by atoms with E-state index >= 15 is 0 Å². The fourth-order valence-electron chi connectivity index (χ4n) is 2.49. The molecule has 0 aliphatic rings. The van der Waals surface area contributed by atoms with Gasteiger partial charge in [0.1, 0.15) is 12.4 Å². The maximum absolute atomic E-state index is 12.2. The van der Waals surface area contributed by atoms with Gasteiger partial charge in [0.2, 0.25) is 0 Å². The van der Waals surface area contributed by atoms with E-state index in [0.717, 1.165) is 22.4 Å². The van der Waals surface area contributed by atoms with Crippen molar-refractivity contribution >= 4 is 34.7 Å². The quantitative estimate of drug-likeness (QED) is 0.315. The predicted molar refractivity (Wildman–Crippen MR) is 116 cm³/mol. The third kappa shape index (κ3) is 5.65. The van der Waals surface area contributed by atoms with Crippen molar-refractivity contribution in [1.82, 2.24) is 5.43 Å². The maximum atomic E-state index is 12.2. The summed E-state index contributed by atoms with van der Waals surface area (Å²) in [5, 5.41) is 4.05. The van der Waals surface area contributed by atoms with Crippen LogP contribution < -0.4 is 10.2 Å². The molecule has 0 radical (unpaired) electrons. The van der Waals surface area contributed by atoms with E-state index in [9.17, 15) is 4.79 Å². The number of ether oxygens (including phenoxy) is 1. The molecule has 0 spiro atoms. The Hall–Kier alpha value is -2.67. The van der Waals surface area contributed by atoms with Crippen molar-refractivity contribution in [2.45, 2.75) is 13.5 Å². The number of nitrogens with one attached hydrogen (secondary N) is 1. The number of nitrogens with zero attached hydrogens (tertiary/aromatic N) is 1. The van der Waals surface area contributed by atoms with Gasteiger partial charge in [-0.05, 0) is 76.5 Å². The minimum absolute atomic E-state index is 0.226. The van der Waals surface area contributed by atoms with Gasteiger partial charge in [0.15, 0.2) is 0 Å². The zero-order valence-corrected chi connectivity index (χ0v) is 17.0. The van der Waals surface area contributed by atoms with Crippen LogP contribution in [-0.2, 0) is 6.61 Å². The summed E-state index contributed by atoms with van der Waals surface area (Å²) in [6.45, 7) is 2.40. The van der Waals surface area contributed by atoms with Crippen molar-refractivity contribution in [3.63, 3.8) is 0 Å². The molecule has 1 amide bonds. The van der Waals surface area contributed by atoms with Crippen molar-refractivity contribution in [1.29, 1.82) is 0 Å². The SMILES string of the molecule is Cc1ccccc1C(=O)N/N=C\c1cccc(OCc2ccc(I)cc2)c1. The zero-order chi connectivity index (χ0) is 19.1. The Labute approximate surface area is 172 Å². The monoisotopic (exact) mass is 470 g/mol. The van der Waals surface area contributed by atoms with E-state index in [1.807, 2.05) is 61.5 Å². The topological polar surface area (TPSA) is 50.7 Å². The van der Waals surface area contributed by atoms with Crippen LogP contribution in [0.25, 0.3) is 0 Å². The van der Waals surface area contributed by atoms with E-state index < -0.39 is 0 Å². The summed E-state index contributed by atoms with van der Waals surface area (Å²) in [5.74, 6) is 0.526. The molecular formula is C22H19IN2O2. The van der Waals surface area contributed by atoms with Gasteiger partial charge in [-0.3, -0.25) is 4.79 Å². The van der Waals surface area contributed by atoms with E-state index in [2.05, 4.69) is 45.3 Å². The number of hydrogen-bond donors (Lipinski definition) is 1.